The molecule has 2 aromatic rings. The molecule has 2 nitrogen and oxygen atoms in total. The minimum absolute atomic E-state index is 0.786. The van der Waals surface area contributed by atoms with Crippen LogP contribution in [-0.2, 0) is 7.05 Å². The fraction of sp³-hybridized carbons (Fsp3) is 0.0833. The number of benzene rings is 1. The van der Waals surface area contributed by atoms with Gasteiger partial charge in [0.05, 0.1) is 0 Å². The van der Waals surface area contributed by atoms with Gasteiger partial charge < -0.3 is 4.57 Å². The summed E-state index contributed by atoms with van der Waals surface area (Å²) in [6.45, 7) is 0. The first-order chi connectivity index (χ1) is 6.86. The lowest BCUT2D eigenvalue weighted by atomic mass is 10.2. The van der Waals surface area contributed by atoms with Gasteiger partial charge in [0, 0.05) is 25.0 Å². The first kappa shape index (κ1) is 8.58. The van der Waals surface area contributed by atoms with Gasteiger partial charge in [-0.1, -0.05) is 24.1 Å². The smallest absolute Gasteiger partial charge is 0.185 e. The molecular weight excluding hydrogens is 172 g/mol. The summed E-state index contributed by atoms with van der Waals surface area (Å²) in [4.78, 5) is 4.12. The van der Waals surface area contributed by atoms with E-state index in [0.29, 0.717) is 0 Å². The molecule has 0 amide bonds. The number of aryl methyl sites for hydroxylation is 1. The van der Waals surface area contributed by atoms with Crippen molar-refractivity contribution >= 4 is 0 Å². The van der Waals surface area contributed by atoms with E-state index in [1.165, 1.54) is 0 Å². The summed E-state index contributed by atoms with van der Waals surface area (Å²) < 4.78 is 1.90. The van der Waals surface area contributed by atoms with Gasteiger partial charge in [0.15, 0.2) is 5.82 Å². The Kier molecular flexibility index (Phi) is 2.33. The largest absolute Gasteiger partial charge is 0.327 e. The third-order valence-electron chi connectivity index (χ3n) is 1.91. The fourth-order valence-electron chi connectivity index (χ4n) is 1.14. The van der Waals surface area contributed by atoms with Crippen molar-refractivity contribution in [2.45, 2.75) is 0 Å². The highest BCUT2D eigenvalue weighted by Gasteiger charge is 1.91. The summed E-state index contributed by atoms with van der Waals surface area (Å²) in [5.41, 5.74) is 1.01. The zero-order chi connectivity index (χ0) is 9.80. The molecule has 1 heterocycles. The van der Waals surface area contributed by atoms with Crippen LogP contribution >= 0.6 is 0 Å². The Labute approximate surface area is 83.2 Å². The van der Waals surface area contributed by atoms with Crippen molar-refractivity contribution in [3.63, 3.8) is 0 Å². The second-order valence-corrected chi connectivity index (χ2v) is 2.98. The van der Waals surface area contributed by atoms with E-state index in [1.54, 1.807) is 6.20 Å². The van der Waals surface area contributed by atoms with E-state index in [4.69, 9.17) is 0 Å². The molecule has 0 aliphatic carbocycles. The summed E-state index contributed by atoms with van der Waals surface area (Å²) in [6, 6.07) is 9.89. The second-order valence-electron chi connectivity index (χ2n) is 2.98. The molecule has 0 aliphatic rings. The van der Waals surface area contributed by atoms with Gasteiger partial charge in [-0.2, -0.15) is 0 Å². The maximum Gasteiger partial charge on any atom is 0.185 e. The molecule has 2 heteroatoms. The average Bonchev–Trinajstić information content (AvgIpc) is 2.63. The minimum Gasteiger partial charge on any atom is -0.327 e. The highest BCUT2D eigenvalue weighted by Crippen LogP contribution is 1.96. The van der Waals surface area contributed by atoms with Crippen molar-refractivity contribution in [1.29, 1.82) is 0 Å². The Balaban J connectivity index is 2.28. The maximum atomic E-state index is 4.12. The Morgan fingerprint density at radius 1 is 1.14 bits per heavy atom. The summed E-state index contributed by atoms with van der Waals surface area (Å²) in [5, 5.41) is 0. The molecule has 2 rings (SSSR count). The van der Waals surface area contributed by atoms with Crippen LogP contribution in [0.15, 0.2) is 42.7 Å². The fourth-order valence-corrected chi connectivity index (χ4v) is 1.14. The molecule has 14 heavy (non-hydrogen) atoms. The predicted octanol–water partition coefficient (Wildman–Crippen LogP) is 1.82. The molecule has 0 radical (unpaired) electrons. The SMILES string of the molecule is Cn1ccnc1C#Cc1ccccc1. The van der Waals surface area contributed by atoms with Crippen LogP contribution in [0.25, 0.3) is 0 Å². The number of hydrogen-bond acceptors (Lipinski definition) is 1. The lowest BCUT2D eigenvalue weighted by Gasteiger charge is -1.90. The number of aromatic nitrogens is 2. The highest BCUT2D eigenvalue weighted by molar-refractivity contribution is 5.37. The zero-order valence-corrected chi connectivity index (χ0v) is 7.94. The molecule has 0 bridgehead atoms. The predicted molar refractivity (Wildman–Crippen MR) is 55.6 cm³/mol. The van der Waals surface area contributed by atoms with E-state index in [9.17, 15) is 0 Å². The topological polar surface area (TPSA) is 17.8 Å². The summed E-state index contributed by atoms with van der Waals surface area (Å²) in [7, 11) is 1.93. The molecule has 68 valence electrons. The van der Waals surface area contributed by atoms with Crippen molar-refractivity contribution in [3.8, 4) is 11.8 Å². The number of rotatable bonds is 0. The molecule has 0 saturated carbocycles. The van der Waals surface area contributed by atoms with Crippen LogP contribution in [0.2, 0.25) is 0 Å². The molecule has 0 aliphatic heterocycles. The first-order valence-electron chi connectivity index (χ1n) is 4.40. The minimum atomic E-state index is 0.786. The van der Waals surface area contributed by atoms with Crippen LogP contribution in [0, 0.1) is 11.8 Å². The van der Waals surface area contributed by atoms with Crippen LogP contribution in [0.3, 0.4) is 0 Å². The molecule has 0 spiro atoms. The molecule has 0 fully saturated rings. The van der Waals surface area contributed by atoms with Crippen LogP contribution in [0.1, 0.15) is 11.4 Å². The van der Waals surface area contributed by atoms with Gasteiger partial charge in [0.2, 0.25) is 0 Å². The van der Waals surface area contributed by atoms with E-state index in [-0.39, 0.29) is 0 Å². The molecule has 0 N–H and O–H groups in total. The second kappa shape index (κ2) is 3.80. The van der Waals surface area contributed by atoms with Crippen molar-refractivity contribution in [1.82, 2.24) is 9.55 Å². The maximum absolute atomic E-state index is 4.12. The Morgan fingerprint density at radius 3 is 2.57 bits per heavy atom. The van der Waals surface area contributed by atoms with Crippen LogP contribution in [0.4, 0.5) is 0 Å². The standard InChI is InChI=1S/C12H10N2/c1-14-10-9-13-12(14)8-7-11-5-3-2-4-6-11/h2-6,9-10H,1H3. The van der Waals surface area contributed by atoms with E-state index in [1.807, 2.05) is 48.1 Å². The van der Waals surface area contributed by atoms with Crippen LogP contribution in [0.5, 0.6) is 0 Å². The van der Waals surface area contributed by atoms with Crippen molar-refractivity contribution in [2.75, 3.05) is 0 Å². The van der Waals surface area contributed by atoms with Gasteiger partial charge in [-0.15, -0.1) is 0 Å². The van der Waals surface area contributed by atoms with Gasteiger partial charge in [-0.3, -0.25) is 0 Å². The quantitative estimate of drug-likeness (QED) is 0.568. The van der Waals surface area contributed by atoms with Gasteiger partial charge in [-0.05, 0) is 18.1 Å². The molecule has 0 saturated heterocycles. The Hall–Kier alpha value is -2.01. The Bertz CT molecular complexity index is 472. The molecular formula is C12H10N2. The molecule has 1 aromatic heterocycles. The van der Waals surface area contributed by atoms with Crippen LogP contribution < -0.4 is 0 Å². The zero-order valence-electron chi connectivity index (χ0n) is 7.94. The van der Waals surface area contributed by atoms with E-state index in [2.05, 4.69) is 16.8 Å². The number of nitrogens with zero attached hydrogens (tertiary/aromatic N) is 2. The summed E-state index contributed by atoms with van der Waals surface area (Å²) in [5.74, 6) is 6.85. The van der Waals surface area contributed by atoms with Crippen LogP contribution in [-0.4, -0.2) is 9.55 Å². The summed E-state index contributed by atoms with van der Waals surface area (Å²) in [6.07, 6.45) is 3.63. The van der Waals surface area contributed by atoms with Gasteiger partial charge in [0.25, 0.3) is 0 Å². The lowest BCUT2D eigenvalue weighted by Crippen LogP contribution is -1.90. The first-order valence-corrected chi connectivity index (χ1v) is 4.40. The van der Waals surface area contributed by atoms with E-state index < -0.39 is 0 Å². The van der Waals surface area contributed by atoms with Gasteiger partial charge in [-0.25, -0.2) is 4.98 Å². The molecule has 0 unspecified atom stereocenters. The molecule has 0 atom stereocenters. The average molecular weight is 182 g/mol. The van der Waals surface area contributed by atoms with Crippen molar-refractivity contribution in [3.05, 3.63) is 54.1 Å². The highest BCUT2D eigenvalue weighted by atomic mass is 15.0. The van der Waals surface area contributed by atoms with Crippen molar-refractivity contribution < 1.29 is 0 Å². The number of imidazole rings is 1. The van der Waals surface area contributed by atoms with E-state index >= 15 is 0 Å². The third kappa shape index (κ3) is 1.83. The lowest BCUT2D eigenvalue weighted by molar-refractivity contribution is 0.893. The Morgan fingerprint density at radius 2 is 1.93 bits per heavy atom. The number of hydrogen-bond donors (Lipinski definition) is 0. The third-order valence-corrected chi connectivity index (χ3v) is 1.91. The monoisotopic (exact) mass is 182 g/mol. The van der Waals surface area contributed by atoms with Gasteiger partial charge >= 0.3 is 0 Å². The summed E-state index contributed by atoms with van der Waals surface area (Å²) >= 11 is 0. The van der Waals surface area contributed by atoms with E-state index in [0.717, 1.165) is 11.4 Å². The van der Waals surface area contributed by atoms with Gasteiger partial charge in [0.1, 0.15) is 0 Å². The molecule has 1 aromatic carbocycles. The van der Waals surface area contributed by atoms with Crippen molar-refractivity contribution in [2.24, 2.45) is 7.05 Å². The normalized spacial score (nSPS) is 9.21.